The van der Waals surface area contributed by atoms with Crippen LogP contribution in [0, 0.1) is 11.8 Å². The molecule has 0 aliphatic heterocycles. The summed E-state index contributed by atoms with van der Waals surface area (Å²) in [5.41, 5.74) is 1.59. The van der Waals surface area contributed by atoms with Crippen molar-refractivity contribution in [1.82, 2.24) is 10.2 Å². The second-order valence-corrected chi connectivity index (χ2v) is 6.78. The summed E-state index contributed by atoms with van der Waals surface area (Å²) in [6.45, 7) is 12.8. The van der Waals surface area contributed by atoms with Crippen molar-refractivity contribution in [2.75, 3.05) is 26.7 Å². The second-order valence-electron chi connectivity index (χ2n) is 6.78. The molecule has 1 rings (SSSR count). The first-order valence-corrected chi connectivity index (χ1v) is 8.07. The molecule has 0 aromatic heterocycles. The van der Waals surface area contributed by atoms with E-state index in [1.165, 1.54) is 45.3 Å². The molecule has 0 aromatic carbocycles. The van der Waals surface area contributed by atoms with Gasteiger partial charge in [0.2, 0.25) is 0 Å². The zero-order valence-electron chi connectivity index (χ0n) is 13.7. The Morgan fingerprint density at radius 2 is 2.11 bits per heavy atom. The fraction of sp³-hybridized carbons (Fsp3) is 0.882. The maximum Gasteiger partial charge on any atom is 0.00355 e. The van der Waals surface area contributed by atoms with Crippen LogP contribution in [-0.2, 0) is 0 Å². The van der Waals surface area contributed by atoms with Crippen molar-refractivity contribution in [2.45, 2.75) is 59.4 Å². The van der Waals surface area contributed by atoms with E-state index >= 15 is 0 Å². The van der Waals surface area contributed by atoms with Gasteiger partial charge in [0.15, 0.2) is 0 Å². The molecule has 0 fully saturated rings. The van der Waals surface area contributed by atoms with E-state index < -0.39 is 0 Å². The highest BCUT2D eigenvalue weighted by molar-refractivity contribution is 5.06. The van der Waals surface area contributed by atoms with Crippen LogP contribution in [0.25, 0.3) is 0 Å². The number of rotatable bonds is 8. The Balaban J connectivity index is 2.01. The minimum absolute atomic E-state index is 0.673. The van der Waals surface area contributed by atoms with Gasteiger partial charge in [-0.15, -0.1) is 0 Å². The molecule has 2 heteroatoms. The molecule has 1 aliphatic rings. The molecule has 0 spiro atoms. The van der Waals surface area contributed by atoms with Crippen LogP contribution in [0.3, 0.4) is 0 Å². The summed E-state index contributed by atoms with van der Waals surface area (Å²) in [7, 11) is 2.22. The summed E-state index contributed by atoms with van der Waals surface area (Å²) in [5, 5.41) is 3.65. The molecule has 0 aromatic rings. The van der Waals surface area contributed by atoms with Gasteiger partial charge < -0.3 is 10.2 Å². The molecule has 112 valence electrons. The van der Waals surface area contributed by atoms with Crippen LogP contribution < -0.4 is 5.32 Å². The first-order chi connectivity index (χ1) is 8.99. The molecule has 0 amide bonds. The zero-order chi connectivity index (χ0) is 14.3. The van der Waals surface area contributed by atoms with Gasteiger partial charge >= 0.3 is 0 Å². The van der Waals surface area contributed by atoms with Crippen molar-refractivity contribution < 1.29 is 0 Å². The lowest BCUT2D eigenvalue weighted by Gasteiger charge is -2.25. The zero-order valence-corrected chi connectivity index (χ0v) is 13.7. The lowest BCUT2D eigenvalue weighted by atomic mass is 9.84. The molecular formula is C17H34N2. The Hall–Kier alpha value is -0.340. The second kappa shape index (κ2) is 8.76. The first-order valence-electron chi connectivity index (χ1n) is 8.07. The standard InChI is InChI=1S/C17H34N2/c1-14(2)19(5)9-7-6-8-18-13-17-11-15(3)10-16(4)12-17/h10,14-15,17-18H,6-9,11-13H2,1-5H3. The maximum absolute atomic E-state index is 3.65. The molecule has 2 nitrogen and oxygen atoms in total. The molecule has 0 heterocycles. The van der Waals surface area contributed by atoms with Crippen LogP contribution in [0.15, 0.2) is 11.6 Å². The third-order valence-electron chi connectivity index (χ3n) is 4.31. The Kier molecular flexibility index (Phi) is 7.70. The van der Waals surface area contributed by atoms with Crippen LogP contribution in [0.2, 0.25) is 0 Å². The molecule has 2 unspecified atom stereocenters. The Labute approximate surface area is 120 Å². The molecule has 0 bridgehead atoms. The van der Waals surface area contributed by atoms with Gasteiger partial charge in [-0.2, -0.15) is 0 Å². The molecule has 19 heavy (non-hydrogen) atoms. The SMILES string of the molecule is CC1=CC(C)CC(CNCCCCN(C)C(C)C)C1. The topological polar surface area (TPSA) is 15.3 Å². The lowest BCUT2D eigenvalue weighted by molar-refractivity contribution is 0.267. The van der Waals surface area contributed by atoms with Gasteiger partial charge in [0.1, 0.15) is 0 Å². The minimum atomic E-state index is 0.673. The largest absolute Gasteiger partial charge is 0.316 e. The van der Waals surface area contributed by atoms with Gasteiger partial charge in [-0.25, -0.2) is 0 Å². The van der Waals surface area contributed by atoms with E-state index in [-0.39, 0.29) is 0 Å². The number of nitrogens with zero attached hydrogens (tertiary/aromatic N) is 1. The Bertz CT molecular complexity index is 270. The van der Waals surface area contributed by atoms with Crippen molar-refractivity contribution in [3.8, 4) is 0 Å². The van der Waals surface area contributed by atoms with E-state index in [0.717, 1.165) is 11.8 Å². The molecule has 2 atom stereocenters. The summed E-state index contributed by atoms with van der Waals surface area (Å²) in [6, 6.07) is 0.673. The third-order valence-corrected chi connectivity index (χ3v) is 4.31. The number of nitrogens with one attached hydrogen (secondary N) is 1. The number of hydrogen-bond acceptors (Lipinski definition) is 2. The van der Waals surface area contributed by atoms with Crippen LogP contribution in [-0.4, -0.2) is 37.6 Å². The van der Waals surface area contributed by atoms with Crippen molar-refractivity contribution in [2.24, 2.45) is 11.8 Å². The minimum Gasteiger partial charge on any atom is -0.316 e. The van der Waals surface area contributed by atoms with Gasteiger partial charge in [0.25, 0.3) is 0 Å². The molecule has 0 saturated heterocycles. The van der Waals surface area contributed by atoms with Crippen LogP contribution in [0.1, 0.15) is 53.4 Å². The average molecular weight is 266 g/mol. The van der Waals surface area contributed by atoms with E-state index in [2.05, 4.69) is 51.0 Å². The van der Waals surface area contributed by atoms with E-state index in [4.69, 9.17) is 0 Å². The third kappa shape index (κ3) is 7.12. The van der Waals surface area contributed by atoms with Gasteiger partial charge in [0, 0.05) is 6.04 Å². The van der Waals surface area contributed by atoms with Gasteiger partial charge in [-0.1, -0.05) is 18.6 Å². The molecule has 0 radical (unpaired) electrons. The van der Waals surface area contributed by atoms with Crippen molar-refractivity contribution in [3.05, 3.63) is 11.6 Å². The van der Waals surface area contributed by atoms with E-state index in [9.17, 15) is 0 Å². The van der Waals surface area contributed by atoms with Gasteiger partial charge in [-0.3, -0.25) is 0 Å². The Morgan fingerprint density at radius 3 is 2.74 bits per heavy atom. The molecule has 1 N–H and O–H groups in total. The van der Waals surface area contributed by atoms with Gasteiger partial charge in [0.05, 0.1) is 0 Å². The number of allylic oxidation sites excluding steroid dienone is 2. The highest BCUT2D eigenvalue weighted by Crippen LogP contribution is 2.27. The molecule has 1 aliphatic carbocycles. The molecule has 0 saturated carbocycles. The number of hydrogen-bond donors (Lipinski definition) is 1. The summed E-state index contributed by atoms with van der Waals surface area (Å²) in [5.74, 6) is 1.64. The normalized spacial score (nSPS) is 24.1. The van der Waals surface area contributed by atoms with Crippen molar-refractivity contribution in [3.63, 3.8) is 0 Å². The predicted molar refractivity (Wildman–Crippen MR) is 85.5 cm³/mol. The monoisotopic (exact) mass is 266 g/mol. The maximum atomic E-state index is 3.65. The lowest BCUT2D eigenvalue weighted by Crippen LogP contribution is -2.29. The highest BCUT2D eigenvalue weighted by Gasteiger charge is 2.17. The van der Waals surface area contributed by atoms with Crippen LogP contribution >= 0.6 is 0 Å². The Morgan fingerprint density at radius 1 is 1.37 bits per heavy atom. The number of unbranched alkanes of at least 4 members (excludes halogenated alkanes) is 1. The van der Waals surface area contributed by atoms with Crippen molar-refractivity contribution in [1.29, 1.82) is 0 Å². The van der Waals surface area contributed by atoms with E-state index in [0.29, 0.717) is 6.04 Å². The van der Waals surface area contributed by atoms with E-state index in [1.807, 2.05) is 0 Å². The van der Waals surface area contributed by atoms with Crippen LogP contribution in [0.5, 0.6) is 0 Å². The summed E-state index contributed by atoms with van der Waals surface area (Å²) in [6.07, 6.45) is 7.71. The van der Waals surface area contributed by atoms with Gasteiger partial charge in [-0.05, 0) is 85.0 Å². The quantitative estimate of drug-likeness (QED) is 0.532. The fourth-order valence-corrected chi connectivity index (χ4v) is 3.02. The summed E-state index contributed by atoms with van der Waals surface area (Å²) in [4.78, 5) is 2.43. The van der Waals surface area contributed by atoms with Crippen molar-refractivity contribution >= 4 is 0 Å². The first kappa shape index (κ1) is 16.7. The van der Waals surface area contributed by atoms with E-state index in [1.54, 1.807) is 5.57 Å². The highest BCUT2D eigenvalue weighted by atomic mass is 15.1. The molecular weight excluding hydrogens is 232 g/mol. The smallest absolute Gasteiger partial charge is 0.00355 e. The fourth-order valence-electron chi connectivity index (χ4n) is 3.02. The average Bonchev–Trinajstić information content (AvgIpc) is 2.31. The van der Waals surface area contributed by atoms with Crippen LogP contribution in [0.4, 0.5) is 0 Å². The summed E-state index contributed by atoms with van der Waals surface area (Å²) < 4.78 is 0. The summed E-state index contributed by atoms with van der Waals surface area (Å²) >= 11 is 0. The predicted octanol–water partition coefficient (Wildman–Crippen LogP) is 3.69.